The number of nitrogens with zero attached hydrogens (tertiary/aromatic N) is 2. The van der Waals surface area contributed by atoms with Crippen LogP contribution in [0.1, 0.15) is 31.4 Å². The normalized spacial score (nSPS) is 18.0. The van der Waals surface area contributed by atoms with Crippen molar-refractivity contribution in [2.24, 2.45) is 5.73 Å². The number of aromatic nitrogens is 1. The summed E-state index contributed by atoms with van der Waals surface area (Å²) in [6.45, 7) is 0.604. The van der Waals surface area contributed by atoms with Crippen LogP contribution >= 0.6 is 0 Å². The minimum Gasteiger partial charge on any atom is -0.376 e. The lowest BCUT2D eigenvalue weighted by atomic mass is 9.97. The number of nitrogens with one attached hydrogen (secondary N) is 1. The SMILES string of the molecule is N#Cc1ncccc1NC1(CN)CCCC1. The van der Waals surface area contributed by atoms with Gasteiger partial charge in [0.15, 0.2) is 5.69 Å². The third-order valence-corrected chi connectivity index (χ3v) is 3.26. The van der Waals surface area contributed by atoms with Gasteiger partial charge >= 0.3 is 0 Å². The Balaban J connectivity index is 2.23. The maximum absolute atomic E-state index is 8.97. The molecule has 0 spiro atoms. The van der Waals surface area contributed by atoms with E-state index >= 15 is 0 Å². The van der Waals surface area contributed by atoms with Crippen molar-refractivity contribution in [3.05, 3.63) is 24.0 Å². The van der Waals surface area contributed by atoms with Gasteiger partial charge in [-0.3, -0.25) is 0 Å². The zero-order valence-corrected chi connectivity index (χ0v) is 9.24. The molecule has 4 heteroatoms. The maximum atomic E-state index is 8.97. The van der Waals surface area contributed by atoms with Crippen molar-refractivity contribution < 1.29 is 0 Å². The topological polar surface area (TPSA) is 74.7 Å². The lowest BCUT2D eigenvalue weighted by Crippen LogP contribution is -2.43. The molecule has 0 radical (unpaired) electrons. The first-order valence-electron chi connectivity index (χ1n) is 5.63. The Morgan fingerprint density at radius 2 is 2.25 bits per heavy atom. The van der Waals surface area contributed by atoms with E-state index in [1.165, 1.54) is 12.8 Å². The summed E-state index contributed by atoms with van der Waals surface area (Å²) in [7, 11) is 0. The zero-order chi connectivity index (χ0) is 11.4. The molecule has 1 aromatic heterocycles. The molecule has 3 N–H and O–H groups in total. The minimum atomic E-state index is -0.0331. The Morgan fingerprint density at radius 1 is 1.50 bits per heavy atom. The summed E-state index contributed by atoms with van der Waals surface area (Å²) < 4.78 is 0. The van der Waals surface area contributed by atoms with Crippen molar-refractivity contribution in [3.8, 4) is 6.07 Å². The Bertz CT molecular complexity index is 402. The first-order chi connectivity index (χ1) is 7.79. The Morgan fingerprint density at radius 3 is 2.88 bits per heavy atom. The molecule has 0 unspecified atom stereocenters. The Hall–Kier alpha value is -1.60. The first kappa shape index (κ1) is 10.9. The minimum absolute atomic E-state index is 0.0331. The monoisotopic (exact) mass is 216 g/mol. The Labute approximate surface area is 95.5 Å². The van der Waals surface area contributed by atoms with Gasteiger partial charge in [0.25, 0.3) is 0 Å². The van der Waals surface area contributed by atoms with Gasteiger partial charge in [-0.05, 0) is 25.0 Å². The van der Waals surface area contributed by atoms with Crippen molar-refractivity contribution in [1.82, 2.24) is 4.98 Å². The number of hydrogen-bond acceptors (Lipinski definition) is 4. The van der Waals surface area contributed by atoms with Crippen LogP contribution in [-0.4, -0.2) is 17.1 Å². The van der Waals surface area contributed by atoms with Crippen LogP contribution in [0, 0.1) is 11.3 Å². The molecule has 2 rings (SSSR count). The van der Waals surface area contributed by atoms with Crippen LogP contribution in [0.3, 0.4) is 0 Å². The molecule has 1 saturated carbocycles. The highest BCUT2D eigenvalue weighted by atomic mass is 15.0. The van der Waals surface area contributed by atoms with E-state index in [2.05, 4.69) is 16.4 Å². The molecule has 0 amide bonds. The lowest BCUT2D eigenvalue weighted by molar-refractivity contribution is 0.493. The Kier molecular flexibility index (Phi) is 3.07. The molecule has 1 aliphatic carbocycles. The fraction of sp³-hybridized carbons (Fsp3) is 0.500. The van der Waals surface area contributed by atoms with E-state index in [9.17, 15) is 0 Å². The van der Waals surface area contributed by atoms with Crippen LogP contribution < -0.4 is 11.1 Å². The molecular weight excluding hydrogens is 200 g/mol. The van der Waals surface area contributed by atoms with Crippen molar-refractivity contribution in [2.75, 3.05) is 11.9 Å². The summed E-state index contributed by atoms with van der Waals surface area (Å²) in [5, 5.41) is 12.4. The van der Waals surface area contributed by atoms with Crippen molar-refractivity contribution in [1.29, 1.82) is 5.26 Å². The third-order valence-electron chi connectivity index (χ3n) is 3.26. The standard InChI is InChI=1S/C12H16N4/c13-8-11-10(4-3-7-15-11)16-12(9-14)5-1-2-6-12/h3-4,7,16H,1-2,5-6,9,14H2. The predicted molar refractivity (Wildman–Crippen MR) is 62.8 cm³/mol. The molecule has 0 aromatic carbocycles. The van der Waals surface area contributed by atoms with Gasteiger partial charge in [0, 0.05) is 18.3 Å². The molecule has 84 valence electrons. The number of rotatable bonds is 3. The van der Waals surface area contributed by atoms with Gasteiger partial charge in [-0.15, -0.1) is 0 Å². The summed E-state index contributed by atoms with van der Waals surface area (Å²) in [5.74, 6) is 0. The summed E-state index contributed by atoms with van der Waals surface area (Å²) in [6, 6.07) is 5.82. The number of nitriles is 1. The molecule has 0 saturated heterocycles. The molecular formula is C12H16N4. The van der Waals surface area contributed by atoms with Crippen LogP contribution in [0.5, 0.6) is 0 Å². The van der Waals surface area contributed by atoms with Crippen LogP contribution in [0.4, 0.5) is 5.69 Å². The van der Waals surface area contributed by atoms with E-state index in [1.807, 2.05) is 12.1 Å². The second-order valence-corrected chi connectivity index (χ2v) is 4.33. The summed E-state index contributed by atoms with van der Waals surface area (Å²) in [5.41, 5.74) is 7.06. The van der Waals surface area contributed by atoms with Crippen LogP contribution in [0.25, 0.3) is 0 Å². The average molecular weight is 216 g/mol. The van der Waals surface area contributed by atoms with Gasteiger partial charge in [0.2, 0.25) is 0 Å². The van der Waals surface area contributed by atoms with Gasteiger partial charge in [0.1, 0.15) is 6.07 Å². The molecule has 1 fully saturated rings. The highest BCUT2D eigenvalue weighted by molar-refractivity contribution is 5.55. The van der Waals surface area contributed by atoms with Crippen molar-refractivity contribution in [3.63, 3.8) is 0 Å². The van der Waals surface area contributed by atoms with Crippen LogP contribution in [0.2, 0.25) is 0 Å². The molecule has 1 aromatic rings. The fourth-order valence-corrected chi connectivity index (χ4v) is 2.31. The van der Waals surface area contributed by atoms with Crippen LogP contribution in [-0.2, 0) is 0 Å². The maximum Gasteiger partial charge on any atom is 0.163 e. The van der Waals surface area contributed by atoms with Crippen molar-refractivity contribution >= 4 is 5.69 Å². The predicted octanol–water partition coefficient (Wildman–Crippen LogP) is 1.64. The zero-order valence-electron chi connectivity index (χ0n) is 9.24. The molecule has 0 aliphatic heterocycles. The number of nitrogens with two attached hydrogens (primary N) is 1. The van der Waals surface area contributed by atoms with E-state index in [4.69, 9.17) is 11.0 Å². The van der Waals surface area contributed by atoms with Gasteiger partial charge < -0.3 is 11.1 Å². The fourth-order valence-electron chi connectivity index (χ4n) is 2.31. The van der Waals surface area contributed by atoms with Gasteiger partial charge in [0.05, 0.1) is 5.69 Å². The average Bonchev–Trinajstić information content (AvgIpc) is 2.79. The number of anilines is 1. The molecule has 1 aliphatic rings. The lowest BCUT2D eigenvalue weighted by Gasteiger charge is -2.30. The highest BCUT2D eigenvalue weighted by Gasteiger charge is 2.32. The smallest absolute Gasteiger partial charge is 0.163 e. The van der Waals surface area contributed by atoms with Crippen molar-refractivity contribution in [2.45, 2.75) is 31.2 Å². The molecule has 16 heavy (non-hydrogen) atoms. The highest BCUT2D eigenvalue weighted by Crippen LogP contribution is 2.32. The van der Waals surface area contributed by atoms with E-state index in [1.54, 1.807) is 6.20 Å². The van der Waals surface area contributed by atoms with E-state index in [0.717, 1.165) is 18.5 Å². The number of hydrogen-bond donors (Lipinski definition) is 2. The first-order valence-corrected chi connectivity index (χ1v) is 5.63. The van der Waals surface area contributed by atoms with E-state index in [-0.39, 0.29) is 5.54 Å². The largest absolute Gasteiger partial charge is 0.376 e. The van der Waals surface area contributed by atoms with E-state index < -0.39 is 0 Å². The molecule has 0 bridgehead atoms. The summed E-state index contributed by atoms with van der Waals surface area (Å²) in [6.07, 6.45) is 6.18. The number of pyridine rings is 1. The van der Waals surface area contributed by atoms with Gasteiger partial charge in [-0.1, -0.05) is 12.8 Å². The van der Waals surface area contributed by atoms with Gasteiger partial charge in [-0.2, -0.15) is 5.26 Å². The quantitative estimate of drug-likeness (QED) is 0.805. The molecule has 1 heterocycles. The summed E-state index contributed by atoms with van der Waals surface area (Å²) >= 11 is 0. The molecule has 4 nitrogen and oxygen atoms in total. The molecule has 0 atom stereocenters. The summed E-state index contributed by atoms with van der Waals surface area (Å²) in [4.78, 5) is 4.04. The van der Waals surface area contributed by atoms with Gasteiger partial charge in [-0.25, -0.2) is 4.98 Å². The van der Waals surface area contributed by atoms with E-state index in [0.29, 0.717) is 12.2 Å². The van der Waals surface area contributed by atoms with Crippen LogP contribution in [0.15, 0.2) is 18.3 Å². The second kappa shape index (κ2) is 4.50. The second-order valence-electron chi connectivity index (χ2n) is 4.33. The third kappa shape index (κ3) is 2.00.